The zero-order valence-corrected chi connectivity index (χ0v) is 14.6. The Bertz CT molecular complexity index is 755. The molecule has 2 aliphatic rings. The topological polar surface area (TPSA) is 71.8 Å². The second kappa shape index (κ2) is 6.63. The molecule has 1 atom stereocenters. The quantitative estimate of drug-likeness (QED) is 0.917. The van der Waals surface area contributed by atoms with E-state index in [-0.39, 0.29) is 11.3 Å². The Hall–Kier alpha value is -2.15. The molecule has 2 aliphatic heterocycles. The molecule has 2 aromatic rings. The maximum Gasteiger partial charge on any atom is 0.219 e. The molecule has 7 nitrogen and oxygen atoms in total. The Morgan fingerprint density at radius 1 is 1.44 bits per heavy atom. The SMILES string of the molecule is CC(=O)N1CCC(CNc2ncnn3cccc23)(C2CCOCC2)C1. The lowest BCUT2D eigenvalue weighted by molar-refractivity contribution is -0.128. The fourth-order valence-electron chi connectivity index (χ4n) is 4.36. The standard InChI is InChI=1S/C18H25N5O2/c1-14(24)22-8-6-18(12-22,15-4-9-25-10-5-15)11-19-17-16-3-2-7-23(16)21-13-20-17/h2-3,7,13,15H,4-6,8-12H2,1H3,(H,19,20,21). The molecule has 0 radical (unpaired) electrons. The van der Waals surface area contributed by atoms with Crippen LogP contribution in [0.3, 0.4) is 0 Å². The summed E-state index contributed by atoms with van der Waals surface area (Å²) >= 11 is 0. The summed E-state index contributed by atoms with van der Waals surface area (Å²) < 4.78 is 7.39. The molecular formula is C18H25N5O2. The van der Waals surface area contributed by atoms with Crippen LogP contribution in [0.5, 0.6) is 0 Å². The average Bonchev–Trinajstić information content (AvgIpc) is 3.29. The van der Waals surface area contributed by atoms with E-state index in [9.17, 15) is 4.79 Å². The summed E-state index contributed by atoms with van der Waals surface area (Å²) in [5, 5.41) is 7.78. The zero-order valence-electron chi connectivity index (χ0n) is 14.6. The number of hydrogen-bond donors (Lipinski definition) is 1. The minimum Gasteiger partial charge on any atom is -0.381 e. The number of nitrogens with zero attached hydrogens (tertiary/aromatic N) is 4. The summed E-state index contributed by atoms with van der Waals surface area (Å²) in [6.07, 6.45) is 6.67. The van der Waals surface area contributed by atoms with Crippen molar-refractivity contribution in [3.63, 3.8) is 0 Å². The van der Waals surface area contributed by atoms with Gasteiger partial charge < -0.3 is 15.0 Å². The van der Waals surface area contributed by atoms with E-state index in [4.69, 9.17) is 4.74 Å². The monoisotopic (exact) mass is 343 g/mol. The van der Waals surface area contributed by atoms with Crippen molar-refractivity contribution in [3.05, 3.63) is 24.7 Å². The van der Waals surface area contributed by atoms with E-state index in [0.717, 1.165) is 63.4 Å². The lowest BCUT2D eigenvalue weighted by Gasteiger charge is -2.40. The number of likely N-dealkylation sites (tertiary alicyclic amines) is 1. The maximum absolute atomic E-state index is 11.9. The van der Waals surface area contributed by atoms with E-state index in [2.05, 4.69) is 15.4 Å². The van der Waals surface area contributed by atoms with E-state index in [1.54, 1.807) is 13.3 Å². The van der Waals surface area contributed by atoms with Gasteiger partial charge in [0.05, 0.1) is 0 Å². The number of ether oxygens (including phenoxy) is 1. The zero-order chi connectivity index (χ0) is 17.3. The van der Waals surface area contributed by atoms with Crippen LogP contribution in [0.2, 0.25) is 0 Å². The van der Waals surface area contributed by atoms with Crippen LogP contribution < -0.4 is 5.32 Å². The minimum absolute atomic E-state index is 0.0873. The van der Waals surface area contributed by atoms with Crippen molar-refractivity contribution in [2.24, 2.45) is 11.3 Å². The van der Waals surface area contributed by atoms with Crippen molar-refractivity contribution in [3.8, 4) is 0 Å². The van der Waals surface area contributed by atoms with Crippen LogP contribution in [-0.4, -0.2) is 58.3 Å². The number of nitrogens with one attached hydrogen (secondary N) is 1. The highest BCUT2D eigenvalue weighted by atomic mass is 16.5. The van der Waals surface area contributed by atoms with Gasteiger partial charge in [-0.1, -0.05) is 0 Å². The molecular weight excluding hydrogens is 318 g/mol. The van der Waals surface area contributed by atoms with Gasteiger partial charge in [-0.15, -0.1) is 0 Å². The van der Waals surface area contributed by atoms with Gasteiger partial charge in [0, 0.05) is 51.4 Å². The minimum atomic E-state index is 0.0873. The second-order valence-corrected chi connectivity index (χ2v) is 7.24. The van der Waals surface area contributed by atoms with Crippen LogP contribution >= 0.6 is 0 Å². The number of hydrogen-bond acceptors (Lipinski definition) is 5. The molecule has 1 N–H and O–H groups in total. The maximum atomic E-state index is 11.9. The van der Waals surface area contributed by atoms with Crippen LogP contribution in [0, 0.1) is 11.3 Å². The van der Waals surface area contributed by atoms with Crippen molar-refractivity contribution in [1.29, 1.82) is 0 Å². The Kier molecular flexibility index (Phi) is 4.33. The van der Waals surface area contributed by atoms with Gasteiger partial charge in [0.1, 0.15) is 11.8 Å². The summed E-state index contributed by atoms with van der Waals surface area (Å²) in [5.74, 6) is 1.60. The van der Waals surface area contributed by atoms with Crippen molar-refractivity contribution in [2.75, 3.05) is 38.2 Å². The van der Waals surface area contributed by atoms with Crippen LogP contribution in [0.1, 0.15) is 26.2 Å². The molecule has 0 spiro atoms. The van der Waals surface area contributed by atoms with Crippen molar-refractivity contribution >= 4 is 17.2 Å². The predicted molar refractivity (Wildman–Crippen MR) is 94.3 cm³/mol. The van der Waals surface area contributed by atoms with Gasteiger partial charge >= 0.3 is 0 Å². The molecule has 2 fully saturated rings. The molecule has 134 valence electrons. The number of anilines is 1. The van der Waals surface area contributed by atoms with E-state index < -0.39 is 0 Å². The van der Waals surface area contributed by atoms with Crippen LogP contribution in [-0.2, 0) is 9.53 Å². The fraction of sp³-hybridized carbons (Fsp3) is 0.611. The smallest absolute Gasteiger partial charge is 0.219 e. The van der Waals surface area contributed by atoms with Crippen LogP contribution in [0.4, 0.5) is 5.82 Å². The molecule has 2 aromatic heterocycles. The second-order valence-electron chi connectivity index (χ2n) is 7.24. The molecule has 0 bridgehead atoms. The van der Waals surface area contributed by atoms with Gasteiger partial charge in [-0.3, -0.25) is 4.79 Å². The first-order valence-electron chi connectivity index (χ1n) is 9.03. The molecule has 0 aliphatic carbocycles. The molecule has 7 heteroatoms. The average molecular weight is 343 g/mol. The molecule has 4 heterocycles. The van der Waals surface area contributed by atoms with Gasteiger partial charge in [-0.2, -0.15) is 5.10 Å². The summed E-state index contributed by atoms with van der Waals surface area (Å²) in [6, 6.07) is 3.98. The van der Waals surface area contributed by atoms with Gasteiger partial charge in [-0.05, 0) is 37.3 Å². The van der Waals surface area contributed by atoms with E-state index >= 15 is 0 Å². The normalized spacial score (nSPS) is 24.8. The van der Waals surface area contributed by atoms with E-state index in [0.29, 0.717) is 5.92 Å². The Morgan fingerprint density at radius 2 is 2.28 bits per heavy atom. The first-order chi connectivity index (χ1) is 12.2. The van der Waals surface area contributed by atoms with Gasteiger partial charge in [-0.25, -0.2) is 9.50 Å². The highest BCUT2D eigenvalue weighted by molar-refractivity contribution is 5.73. The molecule has 4 rings (SSSR count). The summed E-state index contributed by atoms with van der Waals surface area (Å²) in [7, 11) is 0. The lowest BCUT2D eigenvalue weighted by Crippen LogP contribution is -2.43. The lowest BCUT2D eigenvalue weighted by atomic mass is 9.71. The third kappa shape index (κ3) is 3.08. The highest BCUT2D eigenvalue weighted by Crippen LogP contribution is 2.43. The first kappa shape index (κ1) is 16.3. The van der Waals surface area contributed by atoms with Gasteiger partial charge in [0.15, 0.2) is 5.82 Å². The third-order valence-corrected chi connectivity index (χ3v) is 5.86. The number of rotatable bonds is 4. The van der Waals surface area contributed by atoms with Crippen molar-refractivity contribution in [2.45, 2.75) is 26.2 Å². The number of carbonyl (C=O) groups is 1. The Labute approximate surface area is 147 Å². The summed E-state index contributed by atoms with van der Waals surface area (Å²) in [6.45, 7) is 5.80. The first-order valence-corrected chi connectivity index (χ1v) is 9.03. The largest absolute Gasteiger partial charge is 0.381 e. The molecule has 1 amide bonds. The van der Waals surface area contributed by atoms with Crippen LogP contribution in [0.25, 0.3) is 5.52 Å². The number of aromatic nitrogens is 3. The molecule has 0 saturated carbocycles. The summed E-state index contributed by atoms with van der Waals surface area (Å²) in [5.41, 5.74) is 1.07. The molecule has 2 saturated heterocycles. The highest BCUT2D eigenvalue weighted by Gasteiger charge is 2.45. The van der Waals surface area contributed by atoms with Crippen molar-refractivity contribution in [1.82, 2.24) is 19.5 Å². The van der Waals surface area contributed by atoms with Crippen molar-refractivity contribution < 1.29 is 9.53 Å². The number of amides is 1. The summed E-state index contributed by atoms with van der Waals surface area (Å²) in [4.78, 5) is 18.3. The molecule has 1 unspecified atom stereocenters. The Morgan fingerprint density at radius 3 is 3.04 bits per heavy atom. The van der Waals surface area contributed by atoms with Gasteiger partial charge in [0.25, 0.3) is 0 Å². The number of carbonyl (C=O) groups excluding carboxylic acids is 1. The Balaban J connectivity index is 1.56. The predicted octanol–water partition coefficient (Wildman–Crippen LogP) is 1.81. The van der Waals surface area contributed by atoms with Crippen LogP contribution in [0.15, 0.2) is 24.7 Å². The molecule has 25 heavy (non-hydrogen) atoms. The van der Waals surface area contributed by atoms with E-state index in [1.807, 2.05) is 27.7 Å². The number of fused-ring (bicyclic) bond motifs is 1. The van der Waals surface area contributed by atoms with E-state index in [1.165, 1.54) is 0 Å². The third-order valence-electron chi connectivity index (χ3n) is 5.86. The fourth-order valence-corrected chi connectivity index (χ4v) is 4.36. The van der Waals surface area contributed by atoms with Gasteiger partial charge in [0.2, 0.25) is 5.91 Å². The molecule has 0 aromatic carbocycles.